The molecule has 1 unspecified atom stereocenters. The number of aromatic nitrogens is 4. The van der Waals surface area contributed by atoms with Crippen LogP contribution < -0.4 is 21.5 Å². The number of amides is 1. The van der Waals surface area contributed by atoms with E-state index in [1.165, 1.54) is 6.20 Å². The summed E-state index contributed by atoms with van der Waals surface area (Å²) >= 11 is 0. The fourth-order valence-electron chi connectivity index (χ4n) is 4.20. The van der Waals surface area contributed by atoms with Gasteiger partial charge in [0.05, 0.1) is 25.5 Å². The molecular weight excluding hydrogens is 450 g/mol. The highest BCUT2D eigenvalue weighted by Crippen LogP contribution is 2.23. The second kappa shape index (κ2) is 10.4. The summed E-state index contributed by atoms with van der Waals surface area (Å²) in [7, 11) is 3.39. The zero-order chi connectivity index (χ0) is 25.0. The van der Waals surface area contributed by atoms with Crippen molar-refractivity contribution in [1.82, 2.24) is 24.5 Å². The number of nitrogens with zero attached hydrogens (tertiary/aromatic N) is 4. The molecule has 3 aromatic heterocycles. The number of anilines is 3. The maximum atomic E-state index is 13.2. The van der Waals surface area contributed by atoms with E-state index >= 15 is 0 Å². The van der Waals surface area contributed by atoms with Crippen LogP contribution >= 0.6 is 0 Å². The second-order valence-corrected chi connectivity index (χ2v) is 9.48. The van der Waals surface area contributed by atoms with Crippen molar-refractivity contribution in [3.05, 3.63) is 46.5 Å². The molecule has 4 rings (SSSR count). The number of pyridine rings is 1. The normalized spacial score (nSPS) is 16.3. The van der Waals surface area contributed by atoms with E-state index in [1.54, 1.807) is 41.6 Å². The maximum absolute atomic E-state index is 13.2. The number of ether oxygens (including phenoxy) is 2. The van der Waals surface area contributed by atoms with Gasteiger partial charge in [0.15, 0.2) is 5.65 Å². The molecule has 188 valence electrons. The number of rotatable bonds is 9. The fourth-order valence-corrected chi connectivity index (χ4v) is 4.20. The van der Waals surface area contributed by atoms with Gasteiger partial charge in [-0.3, -0.25) is 9.59 Å². The van der Waals surface area contributed by atoms with Crippen LogP contribution in [0.5, 0.6) is 0 Å². The van der Waals surface area contributed by atoms with Gasteiger partial charge in [0.1, 0.15) is 22.9 Å². The van der Waals surface area contributed by atoms with Crippen LogP contribution in [0.15, 0.2) is 35.4 Å². The molecule has 1 amide bonds. The van der Waals surface area contributed by atoms with Gasteiger partial charge in [-0.2, -0.15) is 9.61 Å². The van der Waals surface area contributed by atoms with Crippen LogP contribution in [-0.4, -0.2) is 65.6 Å². The van der Waals surface area contributed by atoms with E-state index in [0.29, 0.717) is 48.3 Å². The average Bonchev–Trinajstić information content (AvgIpc) is 3.28. The van der Waals surface area contributed by atoms with Gasteiger partial charge < -0.3 is 30.0 Å². The molecule has 4 heterocycles. The van der Waals surface area contributed by atoms with Crippen molar-refractivity contribution in [2.45, 2.75) is 32.7 Å². The Labute approximate surface area is 203 Å². The highest BCUT2D eigenvalue weighted by atomic mass is 16.5. The Morgan fingerprint density at radius 1 is 1.37 bits per heavy atom. The highest BCUT2D eigenvalue weighted by molar-refractivity contribution is 6.00. The Bertz CT molecular complexity index is 1240. The minimum Gasteiger partial charge on any atom is -0.384 e. The first kappa shape index (κ1) is 24.7. The van der Waals surface area contributed by atoms with Gasteiger partial charge in [0.25, 0.3) is 11.5 Å². The zero-order valence-electron chi connectivity index (χ0n) is 20.6. The third kappa shape index (κ3) is 5.46. The van der Waals surface area contributed by atoms with Crippen LogP contribution in [0.25, 0.3) is 5.65 Å². The lowest BCUT2D eigenvalue weighted by atomic mass is 9.95. The topological polar surface area (TPSA) is 124 Å². The maximum Gasteiger partial charge on any atom is 0.274 e. The summed E-state index contributed by atoms with van der Waals surface area (Å²) in [6.45, 7) is 6.22. The van der Waals surface area contributed by atoms with E-state index in [-0.39, 0.29) is 22.9 Å². The minimum atomic E-state index is -0.282. The molecule has 0 saturated carbocycles. The number of carbonyl (C=O) groups excluding carboxylic acids is 1. The third-order valence-corrected chi connectivity index (χ3v) is 6.00. The van der Waals surface area contributed by atoms with E-state index in [2.05, 4.69) is 26.0 Å². The van der Waals surface area contributed by atoms with E-state index < -0.39 is 0 Å². The molecule has 1 saturated heterocycles. The summed E-state index contributed by atoms with van der Waals surface area (Å²) in [5.41, 5.74) is 0.730. The van der Waals surface area contributed by atoms with Crippen molar-refractivity contribution in [2.75, 3.05) is 51.2 Å². The number of hydrogen-bond donors (Lipinski definition) is 3. The summed E-state index contributed by atoms with van der Waals surface area (Å²) in [6.07, 6.45) is 5.09. The molecule has 1 aliphatic rings. The molecule has 0 radical (unpaired) electrons. The van der Waals surface area contributed by atoms with Crippen LogP contribution in [0.3, 0.4) is 0 Å². The molecule has 1 atom stereocenters. The smallest absolute Gasteiger partial charge is 0.274 e. The first-order chi connectivity index (χ1) is 16.8. The molecule has 0 aromatic carbocycles. The van der Waals surface area contributed by atoms with Crippen molar-refractivity contribution >= 4 is 28.9 Å². The van der Waals surface area contributed by atoms with Gasteiger partial charge >= 0.3 is 0 Å². The van der Waals surface area contributed by atoms with Gasteiger partial charge in [-0.05, 0) is 25.0 Å². The molecule has 35 heavy (non-hydrogen) atoms. The first-order valence-electron chi connectivity index (χ1n) is 11.7. The number of carbonyl (C=O) groups is 1. The highest BCUT2D eigenvalue weighted by Gasteiger charge is 2.22. The van der Waals surface area contributed by atoms with Crippen molar-refractivity contribution in [1.29, 1.82) is 0 Å². The van der Waals surface area contributed by atoms with E-state index in [4.69, 9.17) is 9.47 Å². The summed E-state index contributed by atoms with van der Waals surface area (Å²) in [5.74, 6) is 0.759. The van der Waals surface area contributed by atoms with Crippen LogP contribution in [0.1, 0.15) is 43.1 Å². The van der Waals surface area contributed by atoms with Crippen molar-refractivity contribution in [3.63, 3.8) is 0 Å². The van der Waals surface area contributed by atoms with Gasteiger partial charge in [-0.1, -0.05) is 13.8 Å². The Hall–Kier alpha value is -3.44. The Balaban J connectivity index is 1.62. The van der Waals surface area contributed by atoms with Crippen LogP contribution in [0, 0.1) is 5.41 Å². The Kier molecular flexibility index (Phi) is 7.37. The van der Waals surface area contributed by atoms with Gasteiger partial charge in [0.2, 0.25) is 0 Å². The third-order valence-electron chi connectivity index (χ3n) is 6.00. The zero-order valence-corrected chi connectivity index (χ0v) is 20.6. The lowest BCUT2D eigenvalue weighted by Gasteiger charge is -2.24. The molecule has 11 heteroatoms. The molecule has 1 fully saturated rings. The number of hydrogen-bond acceptors (Lipinski definition) is 8. The van der Waals surface area contributed by atoms with E-state index in [1.807, 2.05) is 19.9 Å². The van der Waals surface area contributed by atoms with E-state index in [0.717, 1.165) is 19.4 Å². The minimum absolute atomic E-state index is 0.00814. The second-order valence-electron chi connectivity index (χ2n) is 9.48. The summed E-state index contributed by atoms with van der Waals surface area (Å²) in [6, 6.07) is 5.29. The lowest BCUT2D eigenvalue weighted by Crippen LogP contribution is -2.36. The molecule has 1 aliphatic heterocycles. The van der Waals surface area contributed by atoms with Crippen molar-refractivity contribution in [3.8, 4) is 0 Å². The number of nitrogens with one attached hydrogen (secondary N) is 3. The predicted octanol–water partition coefficient (Wildman–Crippen LogP) is 2.43. The van der Waals surface area contributed by atoms with Gasteiger partial charge in [-0.15, -0.1) is 0 Å². The number of fused-ring (bicyclic) bond motifs is 1. The average molecular weight is 484 g/mol. The SMILES string of the molecule is CNc1cc(Nc2cccn(C3CCCOC3)c2=O)nc2c(C(=O)NCC(C)(C)COC)cnn12. The molecule has 0 aliphatic carbocycles. The summed E-state index contributed by atoms with van der Waals surface area (Å²) in [5, 5.41) is 13.5. The largest absolute Gasteiger partial charge is 0.384 e. The van der Waals surface area contributed by atoms with Crippen LogP contribution in [0.2, 0.25) is 0 Å². The summed E-state index contributed by atoms with van der Waals surface area (Å²) in [4.78, 5) is 30.7. The van der Waals surface area contributed by atoms with Crippen LogP contribution in [-0.2, 0) is 9.47 Å². The standard InChI is InChI=1S/C24H33N7O4/c1-24(2,15-34-4)14-26-22(32)17-12-27-31-20(25-3)11-19(29-21(17)31)28-18-8-5-9-30(23(18)33)16-7-6-10-35-13-16/h5,8-9,11-12,16,25H,6-7,10,13-15H2,1-4H3,(H,26,32)(H,28,29). The van der Waals surface area contributed by atoms with Crippen LogP contribution in [0.4, 0.5) is 17.3 Å². The van der Waals surface area contributed by atoms with Gasteiger partial charge in [-0.25, -0.2) is 4.98 Å². The molecule has 0 spiro atoms. The molecule has 0 bridgehead atoms. The van der Waals surface area contributed by atoms with Crippen molar-refractivity contribution in [2.24, 2.45) is 5.41 Å². The number of methoxy groups -OCH3 is 1. The predicted molar refractivity (Wildman–Crippen MR) is 134 cm³/mol. The molecule has 3 N–H and O–H groups in total. The Morgan fingerprint density at radius 3 is 2.91 bits per heavy atom. The van der Waals surface area contributed by atoms with Crippen molar-refractivity contribution < 1.29 is 14.3 Å². The lowest BCUT2D eigenvalue weighted by molar-refractivity contribution is 0.0581. The quantitative estimate of drug-likeness (QED) is 0.424. The molecule has 11 nitrogen and oxygen atoms in total. The summed E-state index contributed by atoms with van der Waals surface area (Å²) < 4.78 is 14.0. The van der Waals surface area contributed by atoms with Gasteiger partial charge in [0, 0.05) is 45.0 Å². The Morgan fingerprint density at radius 2 is 2.20 bits per heavy atom. The molecule has 3 aromatic rings. The molecular formula is C24H33N7O4. The monoisotopic (exact) mass is 483 g/mol. The fraction of sp³-hybridized carbons (Fsp3) is 0.500. The van der Waals surface area contributed by atoms with E-state index in [9.17, 15) is 9.59 Å². The first-order valence-corrected chi connectivity index (χ1v) is 11.7.